The summed E-state index contributed by atoms with van der Waals surface area (Å²) in [4.78, 5) is 8.02. The number of hydrogen-bond donors (Lipinski definition) is 1. The average molecular weight is 259 g/mol. The van der Waals surface area contributed by atoms with Gasteiger partial charge in [-0.3, -0.25) is 0 Å². The van der Waals surface area contributed by atoms with Crippen LogP contribution in [0.4, 0.5) is 5.82 Å². The molecule has 18 heavy (non-hydrogen) atoms. The Morgan fingerprint density at radius 3 is 3.00 bits per heavy atom. The lowest BCUT2D eigenvalue weighted by atomic mass is 10.1. The molecule has 0 aliphatic rings. The van der Waals surface area contributed by atoms with Crippen LogP contribution in [0.5, 0.6) is 0 Å². The number of hydrogen-bond acceptors (Lipinski definition) is 4. The third-order valence-electron chi connectivity index (χ3n) is 2.54. The lowest BCUT2D eigenvalue weighted by Crippen LogP contribution is -2.04. The van der Waals surface area contributed by atoms with Gasteiger partial charge in [-0.15, -0.1) is 0 Å². The van der Waals surface area contributed by atoms with Gasteiger partial charge in [0.15, 0.2) is 0 Å². The molecule has 0 saturated carbocycles. The lowest BCUT2D eigenvalue weighted by Gasteiger charge is -2.08. The zero-order valence-corrected chi connectivity index (χ0v) is 10.6. The minimum absolute atomic E-state index is 0.443. The Balaban J connectivity index is 2.12. The third-order valence-corrected chi connectivity index (χ3v) is 2.92. The topological polar surface area (TPSA) is 61.6 Å². The van der Waals surface area contributed by atoms with Crippen molar-refractivity contribution in [2.75, 3.05) is 5.32 Å². The minimum atomic E-state index is 0.443. The van der Waals surface area contributed by atoms with E-state index >= 15 is 0 Å². The standard InChI is InChI=1S/C13H11ClN4/c1-9-12(14)17-8-18-13(9)16-7-11-4-2-3-10(5-11)6-15/h2-5,8H,7H2,1H3,(H,16,17,18). The van der Waals surface area contributed by atoms with Crippen LogP contribution in [0.2, 0.25) is 5.15 Å². The van der Waals surface area contributed by atoms with E-state index < -0.39 is 0 Å². The molecule has 1 aromatic carbocycles. The molecule has 2 aromatic rings. The van der Waals surface area contributed by atoms with Crippen LogP contribution in [0.3, 0.4) is 0 Å². The molecular weight excluding hydrogens is 248 g/mol. The van der Waals surface area contributed by atoms with Gasteiger partial charge >= 0.3 is 0 Å². The van der Waals surface area contributed by atoms with E-state index in [9.17, 15) is 0 Å². The second-order valence-electron chi connectivity index (χ2n) is 3.80. The largest absolute Gasteiger partial charge is 0.366 e. The molecular formula is C13H11ClN4. The maximum atomic E-state index is 8.82. The molecule has 1 N–H and O–H groups in total. The van der Waals surface area contributed by atoms with Gasteiger partial charge in [-0.2, -0.15) is 5.26 Å². The first-order chi connectivity index (χ1) is 8.70. The molecule has 0 saturated heterocycles. The molecule has 2 rings (SSSR count). The van der Waals surface area contributed by atoms with Gasteiger partial charge in [0.2, 0.25) is 0 Å². The molecule has 0 aliphatic carbocycles. The van der Waals surface area contributed by atoms with Crippen LogP contribution < -0.4 is 5.32 Å². The van der Waals surface area contributed by atoms with Crippen LogP contribution in [0, 0.1) is 18.3 Å². The number of anilines is 1. The second-order valence-corrected chi connectivity index (χ2v) is 4.16. The Morgan fingerprint density at radius 1 is 1.39 bits per heavy atom. The predicted octanol–water partition coefficient (Wildman–Crippen LogP) is 2.92. The molecule has 90 valence electrons. The molecule has 0 atom stereocenters. The first kappa shape index (κ1) is 12.3. The van der Waals surface area contributed by atoms with Gasteiger partial charge < -0.3 is 5.32 Å². The van der Waals surface area contributed by atoms with Gasteiger partial charge in [0.1, 0.15) is 17.3 Å². The smallest absolute Gasteiger partial charge is 0.137 e. The molecule has 1 heterocycles. The quantitative estimate of drug-likeness (QED) is 0.860. The molecule has 0 aliphatic heterocycles. The van der Waals surface area contributed by atoms with Gasteiger partial charge in [-0.25, -0.2) is 9.97 Å². The van der Waals surface area contributed by atoms with Crippen LogP contribution in [-0.2, 0) is 6.54 Å². The lowest BCUT2D eigenvalue weighted by molar-refractivity contribution is 1.06. The molecule has 0 bridgehead atoms. The number of nitrogens with one attached hydrogen (secondary N) is 1. The number of rotatable bonds is 3. The normalized spacial score (nSPS) is 9.83. The summed E-state index contributed by atoms with van der Waals surface area (Å²) in [5.41, 5.74) is 2.48. The molecule has 0 spiro atoms. The van der Waals surface area contributed by atoms with Crippen molar-refractivity contribution in [3.8, 4) is 6.07 Å². The van der Waals surface area contributed by atoms with Crippen molar-refractivity contribution in [2.45, 2.75) is 13.5 Å². The van der Waals surface area contributed by atoms with Gasteiger partial charge in [0.05, 0.1) is 11.6 Å². The molecule has 0 radical (unpaired) electrons. The Kier molecular flexibility index (Phi) is 3.75. The average Bonchev–Trinajstić information content (AvgIpc) is 2.41. The van der Waals surface area contributed by atoms with E-state index in [0.717, 1.165) is 11.1 Å². The predicted molar refractivity (Wildman–Crippen MR) is 70.3 cm³/mol. The summed E-state index contributed by atoms with van der Waals surface area (Å²) < 4.78 is 0. The third kappa shape index (κ3) is 2.76. The first-order valence-electron chi connectivity index (χ1n) is 5.40. The maximum Gasteiger partial charge on any atom is 0.137 e. The summed E-state index contributed by atoms with van der Waals surface area (Å²) in [5, 5.41) is 12.4. The molecule has 0 amide bonds. The van der Waals surface area contributed by atoms with Gasteiger partial charge in [0, 0.05) is 12.1 Å². The van der Waals surface area contributed by atoms with Crippen molar-refractivity contribution < 1.29 is 0 Å². The number of nitriles is 1. The highest BCUT2D eigenvalue weighted by atomic mass is 35.5. The van der Waals surface area contributed by atoms with E-state index in [1.165, 1.54) is 6.33 Å². The minimum Gasteiger partial charge on any atom is -0.366 e. The number of aromatic nitrogens is 2. The van der Waals surface area contributed by atoms with Crippen molar-refractivity contribution >= 4 is 17.4 Å². The van der Waals surface area contributed by atoms with Crippen LogP contribution >= 0.6 is 11.6 Å². The summed E-state index contributed by atoms with van der Waals surface area (Å²) in [5.74, 6) is 0.706. The molecule has 1 aromatic heterocycles. The maximum absolute atomic E-state index is 8.82. The molecule has 4 nitrogen and oxygen atoms in total. The van der Waals surface area contributed by atoms with Crippen LogP contribution in [-0.4, -0.2) is 9.97 Å². The van der Waals surface area contributed by atoms with E-state index in [4.69, 9.17) is 16.9 Å². The van der Waals surface area contributed by atoms with Crippen molar-refractivity contribution in [3.05, 3.63) is 52.4 Å². The molecule has 5 heteroatoms. The van der Waals surface area contributed by atoms with Crippen molar-refractivity contribution in [3.63, 3.8) is 0 Å². The highest BCUT2D eigenvalue weighted by Gasteiger charge is 2.04. The van der Waals surface area contributed by atoms with E-state index in [1.807, 2.05) is 25.1 Å². The van der Waals surface area contributed by atoms with Crippen molar-refractivity contribution in [1.29, 1.82) is 5.26 Å². The molecule has 0 fully saturated rings. The Hall–Kier alpha value is -2.12. The Morgan fingerprint density at radius 2 is 2.22 bits per heavy atom. The zero-order valence-electron chi connectivity index (χ0n) is 9.81. The fourth-order valence-electron chi connectivity index (χ4n) is 1.54. The summed E-state index contributed by atoms with van der Waals surface area (Å²) in [6, 6.07) is 9.53. The van der Waals surface area contributed by atoms with Gasteiger partial charge in [-0.05, 0) is 24.6 Å². The highest BCUT2D eigenvalue weighted by Crippen LogP contribution is 2.18. The summed E-state index contributed by atoms with van der Waals surface area (Å²) in [6.07, 6.45) is 1.42. The number of benzene rings is 1. The van der Waals surface area contributed by atoms with Crippen LogP contribution in [0.15, 0.2) is 30.6 Å². The second kappa shape index (κ2) is 5.48. The van der Waals surface area contributed by atoms with E-state index in [0.29, 0.717) is 23.1 Å². The summed E-state index contributed by atoms with van der Waals surface area (Å²) in [6.45, 7) is 2.44. The molecule has 0 unspecified atom stereocenters. The van der Waals surface area contributed by atoms with Crippen molar-refractivity contribution in [1.82, 2.24) is 9.97 Å². The Bertz CT molecular complexity index is 604. The van der Waals surface area contributed by atoms with Crippen molar-refractivity contribution in [2.24, 2.45) is 0 Å². The van der Waals surface area contributed by atoms with E-state index in [1.54, 1.807) is 6.07 Å². The van der Waals surface area contributed by atoms with Gasteiger partial charge in [0.25, 0.3) is 0 Å². The monoisotopic (exact) mass is 258 g/mol. The summed E-state index contributed by atoms with van der Waals surface area (Å²) >= 11 is 5.91. The van der Waals surface area contributed by atoms with Gasteiger partial charge in [-0.1, -0.05) is 23.7 Å². The number of halogens is 1. The van der Waals surface area contributed by atoms with E-state index in [-0.39, 0.29) is 0 Å². The van der Waals surface area contributed by atoms with E-state index in [2.05, 4.69) is 21.4 Å². The highest BCUT2D eigenvalue weighted by molar-refractivity contribution is 6.30. The Labute approximate surface area is 110 Å². The fourth-order valence-corrected chi connectivity index (χ4v) is 1.68. The number of nitrogens with zero attached hydrogens (tertiary/aromatic N) is 3. The fraction of sp³-hybridized carbons (Fsp3) is 0.154. The van der Waals surface area contributed by atoms with Crippen LogP contribution in [0.25, 0.3) is 0 Å². The summed E-state index contributed by atoms with van der Waals surface area (Å²) in [7, 11) is 0. The first-order valence-corrected chi connectivity index (χ1v) is 5.78. The van der Waals surface area contributed by atoms with Crippen LogP contribution in [0.1, 0.15) is 16.7 Å². The SMILES string of the molecule is Cc1c(Cl)ncnc1NCc1cccc(C#N)c1. The zero-order chi connectivity index (χ0) is 13.0.